The number of allylic oxidation sites excluding steroid dienone is 2. The van der Waals surface area contributed by atoms with Crippen molar-refractivity contribution in [2.45, 2.75) is 90.1 Å². The van der Waals surface area contributed by atoms with Gasteiger partial charge in [0.2, 0.25) is 0 Å². The monoisotopic (exact) mass is 394 g/mol. The Balaban J connectivity index is 1.33. The molecule has 1 heteroatoms. The molecule has 2 aliphatic carbocycles. The van der Waals surface area contributed by atoms with Gasteiger partial charge in [-0.15, -0.1) is 6.58 Å². The van der Waals surface area contributed by atoms with Crippen LogP contribution in [0.2, 0.25) is 0 Å². The molecule has 0 aliphatic heterocycles. The zero-order valence-electron chi connectivity index (χ0n) is 18.7. The van der Waals surface area contributed by atoms with E-state index in [0.717, 1.165) is 43.3 Å². The average molecular weight is 395 g/mol. The van der Waals surface area contributed by atoms with Crippen LogP contribution in [0.4, 0.5) is 0 Å². The van der Waals surface area contributed by atoms with Gasteiger partial charge in [0.1, 0.15) is 0 Å². The van der Waals surface area contributed by atoms with Gasteiger partial charge in [-0.1, -0.05) is 62.3 Å². The molecular formula is C28H42O. The molecule has 0 saturated heterocycles. The Morgan fingerprint density at radius 1 is 0.862 bits per heavy atom. The summed E-state index contributed by atoms with van der Waals surface area (Å²) in [4.78, 5) is 0. The zero-order valence-corrected chi connectivity index (χ0v) is 18.7. The van der Waals surface area contributed by atoms with Crippen molar-refractivity contribution < 1.29 is 4.74 Å². The fourth-order valence-electron chi connectivity index (χ4n) is 5.33. The van der Waals surface area contributed by atoms with Crippen LogP contribution in [0.1, 0.15) is 94.6 Å². The molecule has 0 spiro atoms. The number of hydrogen-bond donors (Lipinski definition) is 0. The maximum Gasteiger partial charge on any atom is 0.0721 e. The molecule has 0 aromatic heterocycles. The fraction of sp³-hybridized carbons (Fsp3) is 0.643. The standard InChI is InChI=1S/C28H42O/c1-3-5-6-21-29-22-26-15-19-28(20-16-26)27-17-13-25(14-18-27)12-11-24-9-7-23(4-2)8-10-24/h4-6,15-16,19-20,23-25,27H,2-3,7-14,17-18,21-22H2,1H3/b6-5+. The Kier molecular flexibility index (Phi) is 9.54. The van der Waals surface area contributed by atoms with Crippen LogP contribution in [0.5, 0.6) is 0 Å². The Morgan fingerprint density at radius 3 is 2.07 bits per heavy atom. The predicted molar refractivity (Wildman–Crippen MR) is 125 cm³/mol. The second-order valence-corrected chi connectivity index (χ2v) is 9.45. The summed E-state index contributed by atoms with van der Waals surface area (Å²) in [5.74, 6) is 3.55. The first kappa shape index (κ1) is 22.3. The molecule has 2 aliphatic rings. The van der Waals surface area contributed by atoms with Crippen molar-refractivity contribution in [3.05, 3.63) is 60.2 Å². The third-order valence-corrected chi connectivity index (χ3v) is 7.39. The second kappa shape index (κ2) is 12.4. The van der Waals surface area contributed by atoms with Gasteiger partial charge in [-0.2, -0.15) is 0 Å². The molecule has 0 radical (unpaired) electrons. The third-order valence-electron chi connectivity index (χ3n) is 7.39. The van der Waals surface area contributed by atoms with Gasteiger partial charge < -0.3 is 4.74 Å². The van der Waals surface area contributed by atoms with Crippen LogP contribution >= 0.6 is 0 Å². The lowest BCUT2D eigenvalue weighted by atomic mass is 9.74. The Hall–Kier alpha value is -1.34. The van der Waals surface area contributed by atoms with E-state index >= 15 is 0 Å². The predicted octanol–water partition coefficient (Wildman–Crippen LogP) is 8.22. The summed E-state index contributed by atoms with van der Waals surface area (Å²) in [5.41, 5.74) is 2.83. The molecule has 1 nitrogen and oxygen atoms in total. The summed E-state index contributed by atoms with van der Waals surface area (Å²) in [7, 11) is 0. The van der Waals surface area contributed by atoms with Crippen LogP contribution in [-0.2, 0) is 11.3 Å². The van der Waals surface area contributed by atoms with Crippen molar-refractivity contribution in [1.29, 1.82) is 0 Å². The summed E-state index contributed by atoms with van der Waals surface area (Å²) in [6, 6.07) is 9.24. The van der Waals surface area contributed by atoms with E-state index in [2.05, 4.69) is 56.0 Å². The Morgan fingerprint density at radius 2 is 1.48 bits per heavy atom. The van der Waals surface area contributed by atoms with Crippen LogP contribution in [0, 0.1) is 17.8 Å². The fourth-order valence-corrected chi connectivity index (χ4v) is 5.33. The van der Waals surface area contributed by atoms with Crippen molar-refractivity contribution >= 4 is 0 Å². The number of benzene rings is 1. The summed E-state index contributed by atoms with van der Waals surface area (Å²) >= 11 is 0. The zero-order chi connectivity index (χ0) is 20.3. The van der Waals surface area contributed by atoms with Crippen LogP contribution in [-0.4, -0.2) is 6.61 Å². The molecule has 0 bridgehead atoms. The lowest BCUT2D eigenvalue weighted by Gasteiger charge is -2.31. The molecule has 0 amide bonds. The SMILES string of the molecule is C=CC1CCC(CCC2CCC(c3ccc(COC/C=C/CC)cc3)CC2)CC1. The molecule has 0 atom stereocenters. The highest BCUT2D eigenvalue weighted by atomic mass is 16.5. The molecule has 2 fully saturated rings. The van der Waals surface area contributed by atoms with Gasteiger partial charge >= 0.3 is 0 Å². The van der Waals surface area contributed by atoms with Gasteiger partial charge in [0, 0.05) is 0 Å². The molecule has 29 heavy (non-hydrogen) atoms. The molecule has 2 saturated carbocycles. The highest BCUT2D eigenvalue weighted by Crippen LogP contribution is 2.39. The lowest BCUT2D eigenvalue weighted by Crippen LogP contribution is -2.17. The number of hydrogen-bond acceptors (Lipinski definition) is 1. The largest absolute Gasteiger partial charge is 0.373 e. The normalized spacial score (nSPS) is 27.9. The van der Waals surface area contributed by atoms with Crippen LogP contribution < -0.4 is 0 Å². The van der Waals surface area contributed by atoms with Gasteiger partial charge in [0.25, 0.3) is 0 Å². The van der Waals surface area contributed by atoms with Gasteiger partial charge in [0.15, 0.2) is 0 Å². The topological polar surface area (TPSA) is 9.23 Å². The summed E-state index contributed by atoms with van der Waals surface area (Å²) in [6.45, 7) is 7.57. The summed E-state index contributed by atoms with van der Waals surface area (Å²) in [6.07, 6.45) is 21.8. The van der Waals surface area contributed by atoms with Gasteiger partial charge in [0.05, 0.1) is 13.2 Å². The quantitative estimate of drug-likeness (QED) is 0.287. The van der Waals surface area contributed by atoms with Crippen molar-refractivity contribution in [3.8, 4) is 0 Å². The molecule has 1 aromatic rings. The van der Waals surface area contributed by atoms with E-state index in [1.54, 1.807) is 5.56 Å². The average Bonchev–Trinajstić information content (AvgIpc) is 2.79. The lowest BCUT2D eigenvalue weighted by molar-refractivity contribution is 0.148. The second-order valence-electron chi connectivity index (χ2n) is 9.45. The first-order chi connectivity index (χ1) is 14.3. The van der Waals surface area contributed by atoms with Gasteiger partial charge in [-0.25, -0.2) is 0 Å². The minimum Gasteiger partial charge on any atom is -0.373 e. The minimum atomic E-state index is 0.718. The number of ether oxygens (including phenoxy) is 1. The molecule has 3 rings (SSSR count). The van der Waals surface area contributed by atoms with E-state index in [1.807, 2.05) is 0 Å². The number of rotatable bonds is 10. The molecule has 0 N–H and O–H groups in total. The van der Waals surface area contributed by atoms with E-state index in [4.69, 9.17) is 4.74 Å². The van der Waals surface area contributed by atoms with E-state index in [9.17, 15) is 0 Å². The van der Waals surface area contributed by atoms with Gasteiger partial charge in [-0.3, -0.25) is 0 Å². The molecule has 1 aromatic carbocycles. The van der Waals surface area contributed by atoms with Crippen molar-refractivity contribution in [2.24, 2.45) is 17.8 Å². The molecule has 0 unspecified atom stereocenters. The Bertz CT molecular complexity index is 598. The maximum atomic E-state index is 5.72. The maximum absolute atomic E-state index is 5.72. The third kappa shape index (κ3) is 7.45. The van der Waals surface area contributed by atoms with Crippen molar-refractivity contribution in [2.75, 3.05) is 6.61 Å². The Labute approximate surface area is 179 Å². The summed E-state index contributed by atoms with van der Waals surface area (Å²) in [5, 5.41) is 0. The van der Waals surface area contributed by atoms with Crippen molar-refractivity contribution in [1.82, 2.24) is 0 Å². The molecule has 0 heterocycles. The van der Waals surface area contributed by atoms with E-state index in [-0.39, 0.29) is 0 Å². The molecular weight excluding hydrogens is 352 g/mol. The summed E-state index contributed by atoms with van der Waals surface area (Å²) < 4.78 is 5.72. The van der Waals surface area contributed by atoms with E-state index < -0.39 is 0 Å². The smallest absolute Gasteiger partial charge is 0.0721 e. The van der Waals surface area contributed by atoms with Crippen molar-refractivity contribution in [3.63, 3.8) is 0 Å². The highest BCUT2D eigenvalue weighted by Gasteiger charge is 2.24. The van der Waals surface area contributed by atoms with Crippen LogP contribution in [0.3, 0.4) is 0 Å². The van der Waals surface area contributed by atoms with Crippen LogP contribution in [0.15, 0.2) is 49.1 Å². The van der Waals surface area contributed by atoms with Crippen LogP contribution in [0.25, 0.3) is 0 Å². The van der Waals surface area contributed by atoms with E-state index in [1.165, 1.54) is 69.8 Å². The first-order valence-electron chi connectivity index (χ1n) is 12.2. The van der Waals surface area contributed by atoms with Gasteiger partial charge in [-0.05, 0) is 92.6 Å². The first-order valence-corrected chi connectivity index (χ1v) is 12.2. The minimum absolute atomic E-state index is 0.718. The molecule has 160 valence electrons. The highest BCUT2D eigenvalue weighted by molar-refractivity contribution is 5.25. The van der Waals surface area contributed by atoms with E-state index in [0.29, 0.717) is 0 Å².